The standard InChI is InChI=1S/C13H9N.C4H6O6/c1-3-7-12-10(5-1)9-11-6-2-4-8-13(11)14-12;5-1(3(7)8)2(6)4(9)10/h1-9H;1-2,5-6H,(H,7,8)(H,9,10). The third-order valence-electron chi connectivity index (χ3n) is 3.23. The van der Waals surface area contributed by atoms with Crippen LogP contribution in [0.25, 0.3) is 21.8 Å². The number of rotatable bonds is 3. The van der Waals surface area contributed by atoms with E-state index in [2.05, 4.69) is 23.2 Å². The third kappa shape index (κ3) is 4.03. The van der Waals surface area contributed by atoms with Gasteiger partial charge in [-0.25, -0.2) is 14.6 Å². The van der Waals surface area contributed by atoms with Gasteiger partial charge >= 0.3 is 11.9 Å². The lowest BCUT2D eigenvalue weighted by Crippen LogP contribution is -2.39. The van der Waals surface area contributed by atoms with E-state index in [9.17, 15) is 9.59 Å². The van der Waals surface area contributed by atoms with E-state index < -0.39 is 24.1 Å². The van der Waals surface area contributed by atoms with Crippen LogP contribution >= 0.6 is 0 Å². The van der Waals surface area contributed by atoms with E-state index in [0.717, 1.165) is 11.0 Å². The Hall–Kier alpha value is -3.03. The van der Waals surface area contributed by atoms with Crippen LogP contribution in [0, 0.1) is 0 Å². The lowest BCUT2D eigenvalue weighted by atomic mass is 10.1. The summed E-state index contributed by atoms with van der Waals surface area (Å²) in [6.45, 7) is 0. The number of pyridine rings is 1. The van der Waals surface area contributed by atoms with Gasteiger partial charge in [-0.05, 0) is 18.2 Å². The molecule has 0 bridgehead atoms. The average Bonchev–Trinajstić information content (AvgIpc) is 2.58. The third-order valence-corrected chi connectivity index (χ3v) is 3.23. The number of para-hydroxylation sites is 2. The molecule has 0 saturated heterocycles. The molecule has 124 valence electrons. The molecule has 0 aliphatic rings. The minimum absolute atomic E-state index is 1.06. The molecule has 0 fully saturated rings. The van der Waals surface area contributed by atoms with E-state index in [4.69, 9.17) is 20.4 Å². The van der Waals surface area contributed by atoms with Gasteiger partial charge in [0, 0.05) is 10.8 Å². The van der Waals surface area contributed by atoms with Gasteiger partial charge in [0.05, 0.1) is 11.0 Å². The first kappa shape index (κ1) is 17.3. The first-order chi connectivity index (χ1) is 11.4. The summed E-state index contributed by atoms with van der Waals surface area (Å²) >= 11 is 0. The number of aliphatic carboxylic acids is 2. The highest BCUT2D eigenvalue weighted by atomic mass is 16.4. The molecular weight excluding hydrogens is 314 g/mol. The van der Waals surface area contributed by atoms with Crippen LogP contribution in [0.2, 0.25) is 0 Å². The van der Waals surface area contributed by atoms with Crippen LogP contribution in [-0.4, -0.2) is 49.6 Å². The number of benzene rings is 2. The molecular formula is C17H15NO6. The molecule has 0 aliphatic carbocycles. The Labute approximate surface area is 136 Å². The van der Waals surface area contributed by atoms with Crippen molar-refractivity contribution in [1.29, 1.82) is 0 Å². The Morgan fingerprint density at radius 2 is 1.12 bits per heavy atom. The Morgan fingerprint density at radius 1 is 0.750 bits per heavy atom. The maximum Gasteiger partial charge on any atom is 0.335 e. The van der Waals surface area contributed by atoms with Crippen molar-refractivity contribution in [1.82, 2.24) is 4.98 Å². The summed E-state index contributed by atoms with van der Waals surface area (Å²) in [6, 6.07) is 18.6. The number of aromatic nitrogens is 1. The normalized spacial score (nSPS) is 12.9. The van der Waals surface area contributed by atoms with Crippen molar-refractivity contribution in [3.05, 3.63) is 54.6 Å². The van der Waals surface area contributed by atoms with E-state index in [1.165, 1.54) is 10.8 Å². The summed E-state index contributed by atoms with van der Waals surface area (Å²) in [5.74, 6) is -3.54. The summed E-state index contributed by atoms with van der Waals surface area (Å²) in [5, 5.41) is 34.9. The average molecular weight is 329 g/mol. The molecule has 2 unspecified atom stereocenters. The molecule has 4 N–H and O–H groups in total. The summed E-state index contributed by atoms with van der Waals surface area (Å²) < 4.78 is 0. The van der Waals surface area contributed by atoms with E-state index in [0.29, 0.717) is 0 Å². The Bertz CT molecular complexity index is 756. The van der Waals surface area contributed by atoms with Crippen molar-refractivity contribution in [2.24, 2.45) is 0 Å². The summed E-state index contributed by atoms with van der Waals surface area (Å²) in [4.78, 5) is 24.1. The van der Waals surface area contributed by atoms with Crippen LogP contribution in [0.4, 0.5) is 0 Å². The van der Waals surface area contributed by atoms with Crippen molar-refractivity contribution in [2.75, 3.05) is 0 Å². The smallest absolute Gasteiger partial charge is 0.335 e. The fraction of sp³-hybridized carbons (Fsp3) is 0.118. The van der Waals surface area contributed by atoms with E-state index in [1.807, 2.05) is 36.4 Å². The number of carbonyl (C=O) groups is 2. The van der Waals surface area contributed by atoms with E-state index in [-0.39, 0.29) is 0 Å². The monoisotopic (exact) mass is 329 g/mol. The fourth-order valence-corrected chi connectivity index (χ4v) is 1.99. The van der Waals surface area contributed by atoms with Crippen LogP contribution in [0.1, 0.15) is 0 Å². The maximum atomic E-state index is 9.77. The quantitative estimate of drug-likeness (QED) is 0.533. The number of fused-ring (bicyclic) bond motifs is 2. The topological polar surface area (TPSA) is 128 Å². The fourth-order valence-electron chi connectivity index (χ4n) is 1.99. The molecule has 3 rings (SSSR count). The van der Waals surface area contributed by atoms with Crippen LogP contribution in [-0.2, 0) is 9.59 Å². The predicted molar refractivity (Wildman–Crippen MR) is 86.5 cm³/mol. The molecule has 24 heavy (non-hydrogen) atoms. The molecule has 0 saturated carbocycles. The van der Waals surface area contributed by atoms with Gasteiger partial charge in [0.2, 0.25) is 0 Å². The molecule has 3 aromatic rings. The summed E-state index contributed by atoms with van der Waals surface area (Å²) in [6.07, 6.45) is -4.53. The van der Waals surface area contributed by atoms with Gasteiger partial charge in [-0.15, -0.1) is 0 Å². The van der Waals surface area contributed by atoms with E-state index in [1.54, 1.807) is 0 Å². The molecule has 0 spiro atoms. The number of hydrogen-bond donors (Lipinski definition) is 4. The molecule has 7 heteroatoms. The van der Waals surface area contributed by atoms with Gasteiger partial charge in [0.25, 0.3) is 0 Å². The number of aliphatic hydroxyl groups is 2. The Balaban J connectivity index is 0.000000187. The summed E-state index contributed by atoms with van der Waals surface area (Å²) in [5.41, 5.74) is 2.12. The second-order valence-electron chi connectivity index (χ2n) is 4.94. The molecule has 0 aliphatic heterocycles. The van der Waals surface area contributed by atoms with Gasteiger partial charge in [-0.2, -0.15) is 0 Å². The van der Waals surface area contributed by atoms with Gasteiger partial charge < -0.3 is 20.4 Å². The second-order valence-corrected chi connectivity index (χ2v) is 4.94. The molecule has 0 radical (unpaired) electrons. The summed E-state index contributed by atoms with van der Waals surface area (Å²) in [7, 11) is 0. The number of hydrogen-bond acceptors (Lipinski definition) is 5. The lowest BCUT2D eigenvalue weighted by molar-refractivity contribution is -0.165. The zero-order valence-electron chi connectivity index (χ0n) is 12.4. The highest BCUT2D eigenvalue weighted by molar-refractivity contribution is 5.92. The molecule has 1 aromatic heterocycles. The number of carboxylic acids is 2. The number of nitrogens with zero attached hydrogens (tertiary/aromatic N) is 1. The van der Waals surface area contributed by atoms with Crippen LogP contribution in [0.5, 0.6) is 0 Å². The van der Waals surface area contributed by atoms with Crippen molar-refractivity contribution >= 4 is 33.7 Å². The molecule has 7 nitrogen and oxygen atoms in total. The largest absolute Gasteiger partial charge is 0.479 e. The molecule has 1 heterocycles. The van der Waals surface area contributed by atoms with Crippen LogP contribution in [0.15, 0.2) is 54.6 Å². The van der Waals surface area contributed by atoms with Gasteiger partial charge in [-0.3, -0.25) is 0 Å². The second kappa shape index (κ2) is 7.49. The Kier molecular flexibility index (Phi) is 5.41. The zero-order valence-corrected chi connectivity index (χ0v) is 12.4. The van der Waals surface area contributed by atoms with Crippen molar-refractivity contribution in [2.45, 2.75) is 12.2 Å². The van der Waals surface area contributed by atoms with Crippen molar-refractivity contribution < 1.29 is 30.0 Å². The first-order valence-electron chi connectivity index (χ1n) is 6.96. The van der Waals surface area contributed by atoms with Crippen molar-refractivity contribution in [3.8, 4) is 0 Å². The van der Waals surface area contributed by atoms with Gasteiger partial charge in [-0.1, -0.05) is 36.4 Å². The molecule has 2 atom stereocenters. The number of aliphatic hydroxyl groups excluding tert-OH is 2. The predicted octanol–water partition coefficient (Wildman–Crippen LogP) is 1.27. The van der Waals surface area contributed by atoms with E-state index >= 15 is 0 Å². The zero-order chi connectivity index (χ0) is 17.7. The molecule has 0 amide bonds. The van der Waals surface area contributed by atoms with Gasteiger partial charge in [0.15, 0.2) is 12.2 Å². The highest BCUT2D eigenvalue weighted by Crippen LogP contribution is 2.18. The van der Waals surface area contributed by atoms with Crippen LogP contribution < -0.4 is 0 Å². The minimum atomic E-state index is -2.27. The first-order valence-corrected chi connectivity index (χ1v) is 6.96. The van der Waals surface area contributed by atoms with Crippen molar-refractivity contribution in [3.63, 3.8) is 0 Å². The number of carboxylic acid groups (broad SMARTS) is 2. The maximum absolute atomic E-state index is 9.77. The van der Waals surface area contributed by atoms with Crippen LogP contribution in [0.3, 0.4) is 0 Å². The highest BCUT2D eigenvalue weighted by Gasteiger charge is 2.29. The Morgan fingerprint density at radius 3 is 1.50 bits per heavy atom. The lowest BCUT2D eigenvalue weighted by Gasteiger charge is -2.07. The minimum Gasteiger partial charge on any atom is -0.479 e. The molecule has 2 aromatic carbocycles. The SMILES string of the molecule is O=C(O)C(O)C(O)C(=O)O.c1ccc2nc3ccccc3cc2c1. The van der Waals surface area contributed by atoms with Gasteiger partial charge in [0.1, 0.15) is 0 Å².